The Labute approximate surface area is 133 Å². The molecule has 0 saturated carbocycles. The van der Waals surface area contributed by atoms with Crippen LogP contribution in [0, 0.1) is 0 Å². The predicted octanol–water partition coefficient (Wildman–Crippen LogP) is 4.13. The highest BCUT2D eigenvalue weighted by molar-refractivity contribution is 6.31. The Bertz CT molecular complexity index is 381. The molecule has 0 spiro atoms. The van der Waals surface area contributed by atoms with Crippen LogP contribution in [0.5, 0.6) is 0 Å². The first-order valence-corrected chi connectivity index (χ1v) is 7.57. The Morgan fingerprint density at radius 3 is 2.29 bits per heavy atom. The number of allylic oxidation sites excluding steroid dienone is 2. The fourth-order valence-electron chi connectivity index (χ4n) is 1.85. The van der Waals surface area contributed by atoms with Crippen LogP contribution < -0.4 is 5.32 Å². The van der Waals surface area contributed by atoms with Crippen molar-refractivity contribution in [2.45, 2.75) is 64.5 Å². The van der Waals surface area contributed by atoms with Crippen LogP contribution in [0.4, 0.5) is 4.79 Å². The predicted molar refractivity (Wildman–Crippen MR) is 87.5 cm³/mol. The van der Waals surface area contributed by atoms with Gasteiger partial charge in [0.1, 0.15) is 5.60 Å². The van der Waals surface area contributed by atoms with Gasteiger partial charge in [-0.25, -0.2) is 4.79 Å². The summed E-state index contributed by atoms with van der Waals surface area (Å²) in [7, 11) is 0. The molecule has 1 unspecified atom stereocenters. The zero-order valence-electron chi connectivity index (χ0n) is 13.6. The molecule has 0 saturated heterocycles. The minimum atomic E-state index is -0.684. The molecule has 2 N–H and O–H groups in total. The molecule has 1 amide bonds. The standard InChI is InChI=1S/C16H28ClNO3/c1-7-16(11-19,10-8-9-12(2)13(3)17)18-14(20)21-15(4,5)6/h19H,2-3,7-11H2,1,4-6H3,(H,18,20). The highest BCUT2D eigenvalue weighted by Gasteiger charge is 2.31. The maximum absolute atomic E-state index is 11.9. The van der Waals surface area contributed by atoms with Crippen molar-refractivity contribution in [3.8, 4) is 0 Å². The molecule has 1 atom stereocenters. The number of alkyl carbamates (subject to hydrolysis) is 1. The lowest BCUT2D eigenvalue weighted by atomic mass is 9.90. The Kier molecular flexibility index (Phi) is 8.04. The van der Waals surface area contributed by atoms with Gasteiger partial charge in [0.15, 0.2) is 0 Å². The zero-order chi connectivity index (χ0) is 16.7. The minimum absolute atomic E-state index is 0.142. The number of carbonyl (C=O) groups excluding carboxylic acids is 1. The highest BCUT2D eigenvalue weighted by atomic mass is 35.5. The summed E-state index contributed by atoms with van der Waals surface area (Å²) in [4.78, 5) is 11.9. The first-order valence-electron chi connectivity index (χ1n) is 7.20. The summed E-state index contributed by atoms with van der Waals surface area (Å²) >= 11 is 5.77. The van der Waals surface area contributed by atoms with Crippen LogP contribution in [-0.2, 0) is 4.74 Å². The SMILES string of the molecule is C=C(Cl)C(=C)CCCC(CC)(CO)NC(=O)OC(C)(C)C. The fraction of sp³-hybridized carbons (Fsp3) is 0.688. The van der Waals surface area contributed by atoms with Gasteiger partial charge in [-0.15, -0.1) is 0 Å². The number of rotatable bonds is 8. The number of amides is 1. The lowest BCUT2D eigenvalue weighted by Gasteiger charge is -2.33. The number of hydrogen-bond acceptors (Lipinski definition) is 3. The van der Waals surface area contributed by atoms with E-state index in [4.69, 9.17) is 16.3 Å². The molecule has 0 aromatic carbocycles. The van der Waals surface area contributed by atoms with E-state index in [1.54, 1.807) is 20.8 Å². The van der Waals surface area contributed by atoms with Crippen LogP contribution in [0.1, 0.15) is 53.4 Å². The summed E-state index contributed by atoms with van der Waals surface area (Å²) in [5.74, 6) is 0. The van der Waals surface area contributed by atoms with E-state index in [9.17, 15) is 9.90 Å². The first kappa shape index (κ1) is 20.0. The Morgan fingerprint density at radius 1 is 1.33 bits per heavy atom. The van der Waals surface area contributed by atoms with E-state index in [0.717, 1.165) is 12.0 Å². The monoisotopic (exact) mass is 317 g/mol. The molecule has 0 aliphatic carbocycles. The Morgan fingerprint density at radius 2 is 1.90 bits per heavy atom. The van der Waals surface area contributed by atoms with Gasteiger partial charge in [0.25, 0.3) is 0 Å². The van der Waals surface area contributed by atoms with Crippen LogP contribution in [0.3, 0.4) is 0 Å². The topological polar surface area (TPSA) is 58.6 Å². The van der Waals surface area contributed by atoms with Gasteiger partial charge in [-0.1, -0.05) is 31.7 Å². The van der Waals surface area contributed by atoms with Gasteiger partial charge in [0.05, 0.1) is 12.1 Å². The Hall–Kier alpha value is -1.00. The van der Waals surface area contributed by atoms with Crippen LogP contribution in [-0.4, -0.2) is 28.9 Å². The quantitative estimate of drug-likeness (QED) is 0.662. The second kappa shape index (κ2) is 8.44. The van der Waals surface area contributed by atoms with E-state index < -0.39 is 17.2 Å². The van der Waals surface area contributed by atoms with Gasteiger partial charge >= 0.3 is 6.09 Å². The number of ether oxygens (including phenoxy) is 1. The van der Waals surface area contributed by atoms with E-state index in [0.29, 0.717) is 24.3 Å². The average Bonchev–Trinajstić information content (AvgIpc) is 2.34. The summed E-state index contributed by atoms with van der Waals surface area (Å²) in [6.07, 6.45) is 2.13. The second-order valence-electron chi connectivity index (χ2n) is 6.28. The third-order valence-corrected chi connectivity index (χ3v) is 3.53. The summed E-state index contributed by atoms with van der Waals surface area (Å²) < 4.78 is 5.25. The smallest absolute Gasteiger partial charge is 0.408 e. The zero-order valence-corrected chi connectivity index (χ0v) is 14.3. The van der Waals surface area contributed by atoms with Crippen molar-refractivity contribution in [3.05, 3.63) is 23.8 Å². The number of nitrogens with one attached hydrogen (secondary N) is 1. The van der Waals surface area contributed by atoms with Crippen LogP contribution in [0.2, 0.25) is 0 Å². The number of hydrogen-bond donors (Lipinski definition) is 2. The molecular formula is C16H28ClNO3. The molecule has 21 heavy (non-hydrogen) atoms. The van der Waals surface area contributed by atoms with Crippen LogP contribution >= 0.6 is 11.6 Å². The molecule has 122 valence electrons. The largest absolute Gasteiger partial charge is 0.444 e. The molecule has 5 heteroatoms. The van der Waals surface area contributed by atoms with E-state index in [1.165, 1.54) is 0 Å². The third kappa shape index (κ3) is 8.12. The lowest BCUT2D eigenvalue weighted by molar-refractivity contribution is 0.0378. The van der Waals surface area contributed by atoms with E-state index in [1.807, 2.05) is 6.92 Å². The van der Waals surface area contributed by atoms with Gasteiger partial charge in [-0.05, 0) is 52.0 Å². The molecule has 4 nitrogen and oxygen atoms in total. The number of aliphatic hydroxyl groups is 1. The summed E-state index contributed by atoms with van der Waals surface area (Å²) in [6.45, 7) is 14.6. The van der Waals surface area contributed by atoms with Crippen molar-refractivity contribution in [3.63, 3.8) is 0 Å². The summed E-state index contributed by atoms with van der Waals surface area (Å²) in [5.41, 5.74) is -0.475. The van der Waals surface area contributed by atoms with Gasteiger partial charge in [-0.3, -0.25) is 0 Å². The molecule has 0 radical (unpaired) electrons. The van der Waals surface area contributed by atoms with Crippen LogP contribution in [0.15, 0.2) is 23.8 Å². The average molecular weight is 318 g/mol. The normalized spacial score (nSPS) is 14.2. The highest BCUT2D eigenvalue weighted by Crippen LogP contribution is 2.23. The molecule has 0 fully saturated rings. The second-order valence-corrected chi connectivity index (χ2v) is 6.74. The van der Waals surface area contributed by atoms with Gasteiger partial charge in [0.2, 0.25) is 0 Å². The Balaban J connectivity index is 4.59. The molecule has 0 rings (SSSR count). The minimum Gasteiger partial charge on any atom is -0.444 e. The fourth-order valence-corrected chi connectivity index (χ4v) is 1.95. The number of halogens is 1. The van der Waals surface area contributed by atoms with E-state index in [-0.39, 0.29) is 6.61 Å². The molecular weight excluding hydrogens is 290 g/mol. The van der Waals surface area contributed by atoms with Gasteiger partial charge in [0, 0.05) is 5.03 Å². The van der Waals surface area contributed by atoms with Crippen LogP contribution in [0.25, 0.3) is 0 Å². The van der Waals surface area contributed by atoms with Crippen molar-refractivity contribution in [2.24, 2.45) is 0 Å². The molecule has 0 heterocycles. The molecule has 0 aromatic heterocycles. The van der Waals surface area contributed by atoms with Crippen molar-refractivity contribution < 1.29 is 14.6 Å². The summed E-state index contributed by atoms with van der Waals surface area (Å²) in [6, 6.07) is 0. The van der Waals surface area contributed by atoms with E-state index in [2.05, 4.69) is 18.5 Å². The van der Waals surface area contributed by atoms with Gasteiger partial charge in [-0.2, -0.15) is 0 Å². The van der Waals surface area contributed by atoms with Crippen molar-refractivity contribution >= 4 is 17.7 Å². The number of carbonyl (C=O) groups is 1. The first-order chi connectivity index (χ1) is 9.55. The summed E-state index contributed by atoms with van der Waals surface area (Å²) in [5, 5.41) is 12.9. The maximum atomic E-state index is 11.9. The maximum Gasteiger partial charge on any atom is 0.408 e. The molecule has 0 aliphatic heterocycles. The lowest BCUT2D eigenvalue weighted by Crippen LogP contribution is -2.52. The van der Waals surface area contributed by atoms with Gasteiger partial charge < -0.3 is 15.2 Å². The van der Waals surface area contributed by atoms with Crippen molar-refractivity contribution in [2.75, 3.05) is 6.61 Å². The number of aliphatic hydroxyl groups excluding tert-OH is 1. The van der Waals surface area contributed by atoms with Crippen molar-refractivity contribution in [1.82, 2.24) is 5.32 Å². The molecule has 0 aliphatic rings. The molecule has 0 aromatic rings. The van der Waals surface area contributed by atoms with Crippen molar-refractivity contribution in [1.29, 1.82) is 0 Å². The third-order valence-electron chi connectivity index (χ3n) is 3.26. The van der Waals surface area contributed by atoms with E-state index >= 15 is 0 Å². The molecule has 0 bridgehead atoms.